The summed E-state index contributed by atoms with van der Waals surface area (Å²) in [5.74, 6) is -2.36. The summed E-state index contributed by atoms with van der Waals surface area (Å²) >= 11 is -9.82. The van der Waals surface area contributed by atoms with Crippen LogP contribution in [0, 0.1) is 0 Å². The molecule has 0 aromatic carbocycles. The third-order valence-corrected chi connectivity index (χ3v) is 34.0. The van der Waals surface area contributed by atoms with Crippen molar-refractivity contribution in [3.8, 4) is 0 Å². The molecule has 0 radical (unpaired) electrons. The molecular weight excluding hydrogens is 1440 g/mol. The van der Waals surface area contributed by atoms with Gasteiger partial charge in [-0.3, -0.25) is 0 Å². The van der Waals surface area contributed by atoms with Crippen LogP contribution in [0.4, 0.5) is 0 Å². The maximum absolute atomic E-state index is 13.5. The van der Waals surface area contributed by atoms with Crippen molar-refractivity contribution in [2.75, 3.05) is 39.6 Å². The quantitative estimate of drug-likeness (QED) is 0.0457. The Kier molecular flexibility index (Phi) is 64.7. The molecule has 15 nitrogen and oxygen atoms in total. The van der Waals surface area contributed by atoms with Gasteiger partial charge in [-0.05, 0) is 0 Å². The van der Waals surface area contributed by atoms with E-state index in [4.69, 9.17) is 32.7 Å². The molecule has 2 heterocycles. The van der Waals surface area contributed by atoms with Crippen molar-refractivity contribution >= 4 is 75.1 Å². The standard InChI is InChI=1S/3C24H46O5.2C4H9.2Sn/c3*25-23(26)19-15-11-7-3-1-5-9-13-17-21-29-22-18-14-10-6-2-4-8-12-16-20-24(27)28;2*1-3-4-2;;/h3*1-22H2,(H,25,26)(H,27,28);2*1,3-4H2,2H3;;/q;;;;;2*+3/p-6. The molecule has 2 aliphatic heterocycles. The van der Waals surface area contributed by atoms with E-state index < -0.39 is 75.1 Å². The minimum atomic E-state index is -4.91. The number of unbranched alkanes of at least 4 members (excludes halogenated alkanes) is 18. The first-order valence-electron chi connectivity index (χ1n) is 41.6. The molecule has 2 fully saturated rings. The van der Waals surface area contributed by atoms with Crippen molar-refractivity contribution in [3.63, 3.8) is 0 Å². The third kappa shape index (κ3) is 59.4. The Labute approximate surface area is 605 Å². The van der Waals surface area contributed by atoms with Crippen LogP contribution >= 0.6 is 0 Å². The average Bonchev–Trinajstić information content (AvgIpc) is 1.05. The molecule has 2 aliphatic rings. The summed E-state index contributed by atoms with van der Waals surface area (Å²) in [4.78, 5) is 80.4. The molecule has 0 saturated carbocycles. The summed E-state index contributed by atoms with van der Waals surface area (Å²) in [5.41, 5.74) is 0. The summed E-state index contributed by atoms with van der Waals surface area (Å²) in [7, 11) is 0. The number of carbonyl (C=O) groups is 6. The predicted octanol–water partition coefficient (Wildman–Crippen LogP) is 23.2. The Morgan fingerprint density at radius 3 is 0.722 bits per heavy atom. The van der Waals surface area contributed by atoms with E-state index in [1.54, 1.807) is 0 Å². The molecular formula is C80H150O15Sn2. The summed E-state index contributed by atoms with van der Waals surface area (Å²) in [6.07, 6.45) is 63.7. The zero-order valence-corrected chi connectivity index (χ0v) is 68.7. The van der Waals surface area contributed by atoms with Crippen molar-refractivity contribution < 1.29 is 61.4 Å². The van der Waals surface area contributed by atoms with Crippen molar-refractivity contribution in [3.05, 3.63) is 0 Å². The molecule has 0 unspecified atom stereocenters. The van der Waals surface area contributed by atoms with Gasteiger partial charge in [0.25, 0.3) is 0 Å². The predicted molar refractivity (Wildman–Crippen MR) is 397 cm³/mol. The van der Waals surface area contributed by atoms with Crippen LogP contribution in [0.3, 0.4) is 0 Å². The van der Waals surface area contributed by atoms with Gasteiger partial charge >= 0.3 is 556 Å². The molecule has 0 aromatic heterocycles. The SMILES string of the molecule is CCC[CH2][Sn]1([O]C(=O)CCCCCCCCCCCOCCCCCCCCCCCC(=O)[O][Sn]2([CH2]CCC)[O]C(=O)CCCCCCCCCCCOCCCCCCCCCCCC(=O)[O]2)[O]C(=O)CCCCCCCCCCCOCCCCCCCCCCCC(=O)[O]1. The van der Waals surface area contributed by atoms with Gasteiger partial charge in [-0.15, -0.1) is 0 Å². The van der Waals surface area contributed by atoms with Crippen LogP contribution in [0.1, 0.15) is 425 Å². The van der Waals surface area contributed by atoms with E-state index in [-0.39, 0.29) is 38.5 Å². The van der Waals surface area contributed by atoms with Crippen molar-refractivity contribution in [1.82, 2.24) is 0 Å². The number of hydrogen-bond donors (Lipinski definition) is 0. The van der Waals surface area contributed by atoms with Gasteiger partial charge in [-0.1, -0.05) is 0 Å². The fourth-order valence-electron chi connectivity index (χ4n) is 13.1. The van der Waals surface area contributed by atoms with Gasteiger partial charge in [0, 0.05) is 39.6 Å². The van der Waals surface area contributed by atoms with Crippen LogP contribution in [0.2, 0.25) is 8.87 Å². The van der Waals surface area contributed by atoms with E-state index in [1.165, 1.54) is 154 Å². The molecule has 17 heteroatoms. The fraction of sp³-hybridized carbons (Fsp3) is 0.925. The van der Waals surface area contributed by atoms with Crippen LogP contribution < -0.4 is 0 Å². The Bertz CT molecular complexity index is 1650. The van der Waals surface area contributed by atoms with E-state index in [1.807, 2.05) is 13.8 Å². The van der Waals surface area contributed by atoms with E-state index in [9.17, 15) is 28.8 Å². The van der Waals surface area contributed by atoms with Crippen LogP contribution in [0.25, 0.3) is 0 Å². The summed E-state index contributed by atoms with van der Waals surface area (Å²) in [5, 5.41) is 0. The zero-order valence-electron chi connectivity index (χ0n) is 63.0. The Hall–Kier alpha value is -1.70. The van der Waals surface area contributed by atoms with Crippen LogP contribution in [-0.2, 0) is 61.4 Å². The van der Waals surface area contributed by atoms with Gasteiger partial charge in [0.05, 0.1) is 0 Å². The van der Waals surface area contributed by atoms with Gasteiger partial charge in [-0.2, -0.15) is 0 Å². The Balaban J connectivity index is 1.62. The normalized spacial score (nSPS) is 19.8. The van der Waals surface area contributed by atoms with Gasteiger partial charge in [0.2, 0.25) is 0 Å². The summed E-state index contributed by atoms with van der Waals surface area (Å²) in [6.45, 7) is 9.26. The molecule has 568 valence electrons. The third-order valence-electron chi connectivity index (χ3n) is 19.3. The molecule has 0 bridgehead atoms. The molecule has 2 rings (SSSR count). The summed E-state index contributed by atoms with van der Waals surface area (Å²) in [6, 6.07) is 0. The minimum absolute atomic E-state index is 0.240. The number of hydrogen-bond acceptors (Lipinski definition) is 15. The molecule has 0 aromatic rings. The number of carbonyl (C=O) groups excluding carboxylic acids is 6. The monoisotopic (exact) mass is 1590 g/mol. The second kappa shape index (κ2) is 68.7. The van der Waals surface area contributed by atoms with Crippen LogP contribution in [0.15, 0.2) is 0 Å². The topological polar surface area (TPSA) is 185 Å². The molecule has 0 spiro atoms. The zero-order chi connectivity index (χ0) is 69.7. The average molecular weight is 1590 g/mol. The van der Waals surface area contributed by atoms with E-state index in [0.29, 0.717) is 34.6 Å². The summed E-state index contributed by atoms with van der Waals surface area (Å²) < 4.78 is 55.1. The second-order valence-corrected chi connectivity index (χ2v) is 43.0. The van der Waals surface area contributed by atoms with Crippen LogP contribution in [0.5, 0.6) is 0 Å². The Morgan fingerprint density at radius 2 is 0.485 bits per heavy atom. The van der Waals surface area contributed by atoms with Crippen molar-refractivity contribution in [2.24, 2.45) is 0 Å². The number of ether oxygens (including phenoxy) is 3. The van der Waals surface area contributed by atoms with Gasteiger partial charge in [-0.25, -0.2) is 0 Å². The van der Waals surface area contributed by atoms with Crippen molar-refractivity contribution in [1.29, 1.82) is 0 Å². The second-order valence-electron chi connectivity index (χ2n) is 28.8. The number of rotatable bonds is 32. The molecule has 0 aliphatic carbocycles. The van der Waals surface area contributed by atoms with Gasteiger partial charge < -0.3 is 14.2 Å². The van der Waals surface area contributed by atoms with E-state index >= 15 is 0 Å². The molecule has 0 N–H and O–H groups in total. The first-order valence-corrected chi connectivity index (χ1v) is 52.7. The molecule has 0 atom stereocenters. The molecule has 2 saturated heterocycles. The van der Waals surface area contributed by atoms with E-state index in [2.05, 4.69) is 0 Å². The Morgan fingerprint density at radius 1 is 0.278 bits per heavy atom. The van der Waals surface area contributed by atoms with Gasteiger partial charge in [0.15, 0.2) is 0 Å². The maximum atomic E-state index is 13.5. The van der Waals surface area contributed by atoms with Gasteiger partial charge in [0.1, 0.15) is 0 Å². The molecule has 0 amide bonds. The van der Waals surface area contributed by atoms with Crippen LogP contribution in [-0.4, -0.2) is 115 Å². The first kappa shape index (κ1) is 91.4. The van der Waals surface area contributed by atoms with Crippen molar-refractivity contribution in [2.45, 2.75) is 434 Å². The fourth-order valence-corrected chi connectivity index (χ4v) is 27.8. The van der Waals surface area contributed by atoms with E-state index in [0.717, 1.165) is 232 Å². The molecule has 97 heavy (non-hydrogen) atoms. The first-order chi connectivity index (χ1) is 47.6.